The van der Waals surface area contributed by atoms with Gasteiger partial charge in [-0.3, -0.25) is 5.32 Å². The maximum Gasteiger partial charge on any atom is 0.411 e. The molecule has 0 aliphatic rings. The van der Waals surface area contributed by atoms with Gasteiger partial charge in [0.25, 0.3) is 0 Å². The lowest BCUT2D eigenvalue weighted by Crippen LogP contribution is -2.10. The Kier molecular flexibility index (Phi) is 17.2. The molecule has 3 nitrogen and oxygen atoms in total. The van der Waals surface area contributed by atoms with Crippen molar-refractivity contribution in [2.75, 3.05) is 12.4 Å². The lowest BCUT2D eigenvalue weighted by atomic mass is 10.2. The highest BCUT2D eigenvalue weighted by Gasteiger charge is 1.96. The number of rotatable bonds is 4. The molecule has 0 aliphatic heterocycles. The summed E-state index contributed by atoms with van der Waals surface area (Å²) in [7, 11) is 1.33. The van der Waals surface area contributed by atoms with Crippen LogP contribution in [0.15, 0.2) is 30.3 Å². The first-order valence-electron chi connectivity index (χ1n) is 7.14. The van der Waals surface area contributed by atoms with Gasteiger partial charge in [-0.2, -0.15) is 0 Å². The molecule has 0 atom stereocenters. The highest BCUT2D eigenvalue weighted by molar-refractivity contribution is 5.84. The smallest absolute Gasteiger partial charge is 0.411 e. The molecule has 110 valence electrons. The normalized spacial score (nSPS) is 8.26. The van der Waals surface area contributed by atoms with Crippen LogP contribution in [0.3, 0.4) is 0 Å². The fraction of sp³-hybridized carbons (Fsp3) is 0.562. The number of benzene rings is 1. The van der Waals surface area contributed by atoms with Crippen molar-refractivity contribution < 1.29 is 9.53 Å². The molecule has 0 saturated heterocycles. The Morgan fingerprint density at radius 2 is 1.53 bits per heavy atom. The van der Waals surface area contributed by atoms with Gasteiger partial charge in [-0.15, -0.1) is 0 Å². The van der Waals surface area contributed by atoms with E-state index < -0.39 is 6.09 Å². The summed E-state index contributed by atoms with van der Waals surface area (Å²) in [6, 6.07) is 9.13. The van der Waals surface area contributed by atoms with E-state index in [1.807, 2.05) is 32.0 Å². The molecule has 0 fully saturated rings. The molecule has 1 amide bonds. The molecule has 3 heteroatoms. The molecule has 0 bridgehead atoms. The van der Waals surface area contributed by atoms with E-state index in [4.69, 9.17) is 0 Å². The summed E-state index contributed by atoms with van der Waals surface area (Å²) in [5.41, 5.74) is 0.736. The first kappa shape index (κ1) is 19.8. The second kappa shape index (κ2) is 16.5. The van der Waals surface area contributed by atoms with Crippen molar-refractivity contribution in [2.24, 2.45) is 0 Å². The van der Waals surface area contributed by atoms with Crippen LogP contribution in [0.4, 0.5) is 10.5 Å². The number of methoxy groups -OCH3 is 1. The second-order valence-electron chi connectivity index (χ2n) is 3.69. The van der Waals surface area contributed by atoms with E-state index in [-0.39, 0.29) is 0 Å². The number of hydrogen-bond acceptors (Lipinski definition) is 2. The van der Waals surface area contributed by atoms with Crippen molar-refractivity contribution in [2.45, 2.75) is 53.4 Å². The minimum atomic E-state index is -0.448. The van der Waals surface area contributed by atoms with Crippen LogP contribution in [-0.4, -0.2) is 13.2 Å². The second-order valence-corrected chi connectivity index (χ2v) is 3.69. The van der Waals surface area contributed by atoms with Gasteiger partial charge in [-0.25, -0.2) is 4.79 Å². The maximum atomic E-state index is 10.6. The topological polar surface area (TPSA) is 38.3 Å². The summed E-state index contributed by atoms with van der Waals surface area (Å²) in [5.74, 6) is 0. The lowest BCUT2D eigenvalue weighted by molar-refractivity contribution is 0.187. The SMILES string of the molecule is CC.CCCCCC.COC(=O)Nc1ccccc1. The third kappa shape index (κ3) is 14.4. The molecule has 0 radical (unpaired) electrons. The van der Waals surface area contributed by atoms with Gasteiger partial charge in [0.15, 0.2) is 0 Å². The number of carbonyl (C=O) groups is 1. The monoisotopic (exact) mass is 267 g/mol. The van der Waals surface area contributed by atoms with Gasteiger partial charge in [-0.1, -0.05) is 71.6 Å². The van der Waals surface area contributed by atoms with Gasteiger partial charge in [-0.05, 0) is 12.1 Å². The van der Waals surface area contributed by atoms with E-state index in [1.54, 1.807) is 12.1 Å². The van der Waals surface area contributed by atoms with Crippen LogP contribution in [0.5, 0.6) is 0 Å². The number of ether oxygens (including phenoxy) is 1. The van der Waals surface area contributed by atoms with Gasteiger partial charge in [0.05, 0.1) is 7.11 Å². The number of unbranched alkanes of at least 4 members (excludes halogenated alkanes) is 3. The van der Waals surface area contributed by atoms with Crippen LogP contribution in [0.2, 0.25) is 0 Å². The molecule has 0 unspecified atom stereocenters. The van der Waals surface area contributed by atoms with Crippen molar-refractivity contribution in [3.8, 4) is 0 Å². The highest BCUT2D eigenvalue weighted by atomic mass is 16.5. The molecule has 0 spiro atoms. The largest absolute Gasteiger partial charge is 0.453 e. The Bertz CT molecular complexity index is 282. The number of hydrogen-bond donors (Lipinski definition) is 1. The standard InChI is InChI=1S/C8H9NO2.C6H14.C2H6/c1-11-8(10)9-7-5-3-2-4-6-7;1-3-5-6-4-2;1-2/h2-6H,1H3,(H,9,10);3-6H2,1-2H3;1-2H3. The first-order chi connectivity index (χ1) is 9.24. The molecule has 19 heavy (non-hydrogen) atoms. The minimum Gasteiger partial charge on any atom is -0.453 e. The number of nitrogens with one attached hydrogen (secondary N) is 1. The fourth-order valence-corrected chi connectivity index (χ4v) is 1.19. The summed E-state index contributed by atoms with van der Waals surface area (Å²) < 4.78 is 4.40. The van der Waals surface area contributed by atoms with Crippen LogP contribution in [0, 0.1) is 0 Å². The van der Waals surface area contributed by atoms with E-state index in [9.17, 15) is 4.79 Å². The number of carbonyl (C=O) groups excluding carboxylic acids is 1. The molecule has 1 N–H and O–H groups in total. The molecule has 0 saturated carbocycles. The van der Waals surface area contributed by atoms with E-state index in [1.165, 1.54) is 32.8 Å². The zero-order chi connectivity index (χ0) is 14.9. The van der Waals surface area contributed by atoms with E-state index >= 15 is 0 Å². The maximum absolute atomic E-state index is 10.6. The quantitative estimate of drug-likeness (QED) is 0.734. The van der Waals surface area contributed by atoms with E-state index in [0.717, 1.165) is 5.69 Å². The first-order valence-corrected chi connectivity index (χ1v) is 7.14. The Morgan fingerprint density at radius 3 is 1.89 bits per heavy atom. The molecular weight excluding hydrogens is 238 g/mol. The molecular formula is C16H29NO2. The number of anilines is 1. The van der Waals surface area contributed by atoms with E-state index in [2.05, 4.69) is 23.9 Å². The zero-order valence-corrected chi connectivity index (χ0v) is 13.0. The lowest BCUT2D eigenvalue weighted by Gasteiger charge is -2.01. The van der Waals surface area contributed by atoms with Crippen LogP contribution in [-0.2, 0) is 4.74 Å². The third-order valence-corrected chi connectivity index (χ3v) is 2.16. The molecule has 1 aromatic rings. The van der Waals surface area contributed by atoms with Crippen LogP contribution in [0.1, 0.15) is 53.4 Å². The van der Waals surface area contributed by atoms with Crippen molar-refractivity contribution in [1.29, 1.82) is 0 Å². The van der Waals surface area contributed by atoms with Crippen molar-refractivity contribution in [3.05, 3.63) is 30.3 Å². The molecule has 1 aromatic carbocycles. The average Bonchev–Trinajstić information content (AvgIpc) is 2.48. The van der Waals surface area contributed by atoms with Crippen molar-refractivity contribution in [3.63, 3.8) is 0 Å². The predicted molar refractivity (Wildman–Crippen MR) is 83.6 cm³/mol. The summed E-state index contributed by atoms with van der Waals surface area (Å²) >= 11 is 0. The number of amides is 1. The van der Waals surface area contributed by atoms with Gasteiger partial charge >= 0.3 is 6.09 Å². The summed E-state index contributed by atoms with van der Waals surface area (Å²) in [6.07, 6.45) is 5.09. The van der Waals surface area contributed by atoms with Crippen molar-refractivity contribution in [1.82, 2.24) is 0 Å². The number of para-hydroxylation sites is 1. The summed E-state index contributed by atoms with van der Waals surface area (Å²) in [5, 5.41) is 2.53. The molecule has 0 aromatic heterocycles. The van der Waals surface area contributed by atoms with Gasteiger partial charge < -0.3 is 4.74 Å². The van der Waals surface area contributed by atoms with Gasteiger partial charge in [0.1, 0.15) is 0 Å². The van der Waals surface area contributed by atoms with Gasteiger partial charge in [0.2, 0.25) is 0 Å². The average molecular weight is 267 g/mol. The third-order valence-electron chi connectivity index (χ3n) is 2.16. The Balaban J connectivity index is 0. The van der Waals surface area contributed by atoms with Crippen LogP contribution < -0.4 is 5.32 Å². The van der Waals surface area contributed by atoms with Crippen molar-refractivity contribution >= 4 is 11.8 Å². The van der Waals surface area contributed by atoms with Crippen LogP contribution in [0.25, 0.3) is 0 Å². The minimum absolute atomic E-state index is 0.448. The molecule has 0 heterocycles. The Labute approximate surface area is 118 Å². The molecule has 1 rings (SSSR count). The van der Waals surface area contributed by atoms with Crippen LogP contribution >= 0.6 is 0 Å². The summed E-state index contributed by atoms with van der Waals surface area (Å²) in [6.45, 7) is 8.46. The van der Waals surface area contributed by atoms with Gasteiger partial charge in [0, 0.05) is 5.69 Å². The fourth-order valence-electron chi connectivity index (χ4n) is 1.19. The Morgan fingerprint density at radius 1 is 1.05 bits per heavy atom. The Hall–Kier alpha value is -1.51. The predicted octanol–water partition coefficient (Wildman–Crippen LogP) is 5.48. The van der Waals surface area contributed by atoms with E-state index in [0.29, 0.717) is 0 Å². The summed E-state index contributed by atoms with van der Waals surface area (Å²) in [4.78, 5) is 10.6. The molecule has 0 aliphatic carbocycles. The zero-order valence-electron chi connectivity index (χ0n) is 13.0. The highest BCUT2D eigenvalue weighted by Crippen LogP contribution is 2.04.